The first-order valence-corrected chi connectivity index (χ1v) is 29.6. The Morgan fingerprint density at radius 1 is 0.148 bits per heavy atom. The summed E-state index contributed by atoms with van der Waals surface area (Å²) in [6.07, 6.45) is 74.0. The van der Waals surface area contributed by atoms with Crippen molar-refractivity contribution in [2.75, 3.05) is 24.6 Å². The zero-order valence-corrected chi connectivity index (χ0v) is 40.1. The van der Waals surface area contributed by atoms with Crippen molar-refractivity contribution in [2.45, 2.75) is 317 Å². The van der Waals surface area contributed by atoms with Crippen LogP contribution in [-0.2, 0) is 0 Å². The smallest absolute Gasteiger partial charge is 0.0654 e. The van der Waals surface area contributed by atoms with E-state index in [0.29, 0.717) is 0 Å². The maximum absolute atomic E-state index is 2.37. The molecule has 0 aromatic heterocycles. The van der Waals surface area contributed by atoms with Crippen LogP contribution in [0.3, 0.4) is 0 Å². The quantitative estimate of drug-likeness (QED) is 0.0426. The van der Waals surface area contributed by atoms with Gasteiger partial charge in [0.25, 0.3) is 0 Å². The molecule has 0 aliphatic carbocycles. The van der Waals surface area contributed by atoms with Crippen LogP contribution in [0.4, 0.5) is 0 Å². The molecule has 0 amide bonds. The van der Waals surface area contributed by atoms with Crippen LogP contribution in [0.15, 0.2) is 0 Å². The van der Waals surface area contributed by atoms with E-state index in [1.807, 2.05) is 0 Å². The standard InChI is InChI=1S/C53H111P/c1-5-9-13-17-21-24-27-30-33-36-39-43-47-51-54(50-46-42-20-16-12-8-4,52-48-44-40-37-34-31-28-25-22-18-14-10-6-2)53-49-45-41-38-35-32-29-26-23-19-15-11-7-3/h54H,5-53H2,1-4H3. The van der Waals surface area contributed by atoms with E-state index in [4.69, 9.17) is 0 Å². The van der Waals surface area contributed by atoms with Crippen LogP contribution in [0.1, 0.15) is 317 Å². The SMILES string of the molecule is CCCCCCCCCCCCCCC[PH](CCCCCCCC)(CCCCCCCCCCCCCCC)CCCCCCCCCCCCCCC. The van der Waals surface area contributed by atoms with E-state index in [2.05, 4.69) is 27.7 Å². The number of hydrogen-bond acceptors (Lipinski definition) is 0. The van der Waals surface area contributed by atoms with E-state index in [9.17, 15) is 0 Å². The first kappa shape index (κ1) is 54.4. The molecule has 0 aromatic rings. The summed E-state index contributed by atoms with van der Waals surface area (Å²) in [7, 11) is -1.16. The summed E-state index contributed by atoms with van der Waals surface area (Å²) in [5.74, 6) is 0. The Hall–Kier alpha value is 0.430. The third-order valence-corrected chi connectivity index (χ3v) is 19.1. The van der Waals surface area contributed by atoms with Gasteiger partial charge in [-0.3, -0.25) is 0 Å². The molecule has 0 bridgehead atoms. The van der Waals surface area contributed by atoms with Crippen LogP contribution >= 0.6 is 7.26 Å². The van der Waals surface area contributed by atoms with Gasteiger partial charge >= 0.3 is 289 Å². The van der Waals surface area contributed by atoms with Crippen molar-refractivity contribution < 1.29 is 0 Å². The van der Waals surface area contributed by atoms with Gasteiger partial charge in [0.2, 0.25) is 0 Å². The molecule has 1 heteroatoms. The normalized spacial score (nSPS) is 12.3. The molecule has 0 radical (unpaired) electrons. The van der Waals surface area contributed by atoms with E-state index in [0.717, 1.165) is 0 Å². The molecule has 0 aliphatic heterocycles. The second-order valence-corrected chi connectivity index (χ2v) is 24.0. The second kappa shape index (κ2) is 47.8. The fraction of sp³-hybridized carbons (Fsp3) is 1.00. The van der Waals surface area contributed by atoms with Crippen LogP contribution < -0.4 is 0 Å². The molecular weight excluding hydrogens is 668 g/mol. The van der Waals surface area contributed by atoms with E-state index in [-0.39, 0.29) is 0 Å². The topological polar surface area (TPSA) is 0 Å². The molecule has 0 fully saturated rings. The molecule has 0 rings (SSSR count). The Bertz CT molecular complexity index is 567. The van der Waals surface area contributed by atoms with Crippen LogP contribution in [0.2, 0.25) is 0 Å². The Kier molecular flexibility index (Phi) is 48.2. The molecule has 0 aromatic carbocycles. The van der Waals surface area contributed by atoms with Crippen LogP contribution in [0.25, 0.3) is 0 Å². The second-order valence-electron chi connectivity index (χ2n) is 19.0. The molecule has 328 valence electrons. The van der Waals surface area contributed by atoms with Crippen molar-refractivity contribution in [3.63, 3.8) is 0 Å². The van der Waals surface area contributed by atoms with E-state index in [1.165, 1.54) is 244 Å². The van der Waals surface area contributed by atoms with Gasteiger partial charge in [0.05, 0.1) is 0 Å². The monoisotopic (exact) mass is 779 g/mol. The van der Waals surface area contributed by atoms with Gasteiger partial charge in [-0.2, -0.15) is 0 Å². The molecule has 0 nitrogen and oxygen atoms in total. The fourth-order valence-electron chi connectivity index (χ4n) is 9.58. The third kappa shape index (κ3) is 42.0. The first-order chi connectivity index (χ1) is 26.7. The summed E-state index contributed by atoms with van der Waals surface area (Å²) < 4.78 is 0. The Morgan fingerprint density at radius 2 is 0.259 bits per heavy atom. The van der Waals surface area contributed by atoms with E-state index in [1.54, 1.807) is 69.6 Å². The summed E-state index contributed by atoms with van der Waals surface area (Å²) in [5.41, 5.74) is 0. The van der Waals surface area contributed by atoms with Crippen LogP contribution in [-0.4, -0.2) is 24.6 Å². The number of rotatable bonds is 49. The molecule has 0 atom stereocenters. The third-order valence-electron chi connectivity index (χ3n) is 13.5. The summed E-state index contributed by atoms with van der Waals surface area (Å²) in [6, 6.07) is 0. The minimum absolute atomic E-state index is 1.16. The maximum atomic E-state index is 2.37. The Labute approximate surface area is 347 Å². The van der Waals surface area contributed by atoms with Gasteiger partial charge < -0.3 is 0 Å². The molecule has 54 heavy (non-hydrogen) atoms. The molecule has 0 spiro atoms. The predicted octanol–water partition coefficient (Wildman–Crippen LogP) is 20.4. The molecule has 0 unspecified atom stereocenters. The molecule has 0 saturated carbocycles. The summed E-state index contributed by atoms with van der Waals surface area (Å²) in [5, 5.41) is 0. The van der Waals surface area contributed by atoms with Gasteiger partial charge in [0.1, 0.15) is 0 Å². The first-order valence-electron chi connectivity index (χ1n) is 26.7. The molecule has 0 heterocycles. The fourth-order valence-corrected chi connectivity index (χ4v) is 15.1. The minimum Gasteiger partial charge on any atom is -0.0654 e. The van der Waals surface area contributed by atoms with Crippen LogP contribution in [0.5, 0.6) is 0 Å². The summed E-state index contributed by atoms with van der Waals surface area (Å²) >= 11 is 0. The van der Waals surface area contributed by atoms with Crippen molar-refractivity contribution in [3.05, 3.63) is 0 Å². The summed E-state index contributed by atoms with van der Waals surface area (Å²) in [6.45, 7) is 9.37. The van der Waals surface area contributed by atoms with E-state index >= 15 is 0 Å². The van der Waals surface area contributed by atoms with Crippen molar-refractivity contribution in [2.24, 2.45) is 0 Å². The zero-order valence-electron chi connectivity index (χ0n) is 39.1. The van der Waals surface area contributed by atoms with Crippen molar-refractivity contribution >= 4 is 7.26 Å². The van der Waals surface area contributed by atoms with Gasteiger partial charge in [-0.05, 0) is 0 Å². The van der Waals surface area contributed by atoms with Gasteiger partial charge in [0.15, 0.2) is 0 Å². The minimum atomic E-state index is -1.16. The van der Waals surface area contributed by atoms with Crippen molar-refractivity contribution in [3.8, 4) is 0 Å². The van der Waals surface area contributed by atoms with Crippen molar-refractivity contribution in [1.29, 1.82) is 0 Å². The van der Waals surface area contributed by atoms with Crippen molar-refractivity contribution in [1.82, 2.24) is 0 Å². The Balaban J connectivity index is 4.74. The van der Waals surface area contributed by atoms with E-state index < -0.39 is 7.26 Å². The van der Waals surface area contributed by atoms with Gasteiger partial charge in [-0.15, -0.1) is 0 Å². The summed E-state index contributed by atoms with van der Waals surface area (Å²) in [4.78, 5) is 0. The van der Waals surface area contributed by atoms with Gasteiger partial charge in [0, 0.05) is 0 Å². The molecule has 0 N–H and O–H groups in total. The zero-order chi connectivity index (χ0) is 39.1. The number of hydrogen-bond donors (Lipinski definition) is 0. The average Bonchev–Trinajstić information content (AvgIpc) is 3.18. The molecule has 0 aliphatic rings. The Morgan fingerprint density at radius 3 is 0.389 bits per heavy atom. The average molecular weight is 779 g/mol. The number of unbranched alkanes of at least 4 members (excludes halogenated alkanes) is 41. The molecular formula is C53H111P. The van der Waals surface area contributed by atoms with Gasteiger partial charge in [-0.25, -0.2) is 0 Å². The predicted molar refractivity (Wildman–Crippen MR) is 258 cm³/mol. The molecule has 0 saturated heterocycles. The van der Waals surface area contributed by atoms with Gasteiger partial charge in [-0.1, -0.05) is 59.3 Å². The van der Waals surface area contributed by atoms with Crippen LogP contribution in [0, 0.1) is 0 Å².